The molecule has 0 N–H and O–H groups in total. The maximum atomic E-state index is 2.56. The summed E-state index contributed by atoms with van der Waals surface area (Å²) in [5.41, 5.74) is 3.68. The fourth-order valence-corrected chi connectivity index (χ4v) is 181. The van der Waals surface area contributed by atoms with Crippen molar-refractivity contribution in [2.45, 2.75) is 23.6 Å². The molecule has 0 radical (unpaired) electrons. The Kier molecular flexibility index (Phi) is 30.6. The molecule has 0 spiro atoms. The molecule has 6 aromatic carbocycles. The van der Waals surface area contributed by atoms with Crippen molar-refractivity contribution in [3.8, 4) is 0 Å². The van der Waals surface area contributed by atoms with E-state index in [2.05, 4.69) is 25.6 Å². The fourth-order valence-electron chi connectivity index (χ4n) is 9.54. The molecule has 0 bridgehead atoms. The molecule has 0 unspecified atom stereocenters. The van der Waals surface area contributed by atoms with Crippen molar-refractivity contribution in [1.82, 2.24) is 0 Å². The first-order valence-corrected chi connectivity index (χ1v) is 84.0. The van der Waals surface area contributed by atoms with Crippen LogP contribution in [0.5, 0.6) is 0 Å². The molecule has 0 fully saturated rings. The minimum absolute atomic E-state index is 0.358. The second-order valence-corrected chi connectivity index (χ2v) is 81.8. The summed E-state index contributed by atoms with van der Waals surface area (Å²) in [5.74, 6) is 0. The zero-order valence-corrected chi connectivity index (χ0v) is 165. The Bertz CT molecular complexity index is 2300. The third-order valence-electron chi connectivity index (χ3n) is 13.1. The number of hydrogen-bond acceptors (Lipinski definition) is 1. The van der Waals surface area contributed by atoms with Gasteiger partial charge in [-0.3, -0.25) is 0 Å². The van der Waals surface area contributed by atoms with Crippen LogP contribution in [0.2, 0.25) is 0 Å². The summed E-state index contributed by atoms with van der Waals surface area (Å²) >= 11 is 9.13. The van der Waals surface area contributed by atoms with E-state index in [0.29, 0.717) is 685 Å². The van der Waals surface area contributed by atoms with Crippen LogP contribution >= 0.6 is 11.8 Å². The summed E-state index contributed by atoms with van der Waals surface area (Å²) in [4.78, 5) is 3.92. The van der Waals surface area contributed by atoms with E-state index in [4.69, 9.17) is 0 Å². The molecule has 0 atom stereocenters. The third-order valence-corrected chi connectivity index (χ3v) is 166. The van der Waals surface area contributed by atoms with Crippen molar-refractivity contribution in [2.75, 3.05) is 0 Å². The number of rotatable bonds is 2. The van der Waals surface area contributed by atoms with Gasteiger partial charge in [0, 0.05) is 0 Å². The molecule has 0 aliphatic carbocycles. The van der Waals surface area contributed by atoms with Crippen LogP contribution in [-0.4, -0.2) is 0 Å². The van der Waals surface area contributed by atoms with Gasteiger partial charge in [0.05, 0.1) is 0 Å². The molecule has 180 valence electrons. The molecule has 0 aliphatic rings. The zero-order chi connectivity index (χ0) is 34.9. The molecule has 6 rings (SSSR count). The molecule has 0 saturated carbocycles. The van der Waals surface area contributed by atoms with Gasteiger partial charge in [-0.1, -0.05) is 0 Å². The van der Waals surface area contributed by atoms with Crippen molar-refractivity contribution in [3.63, 3.8) is 0 Å². The van der Waals surface area contributed by atoms with Crippen molar-refractivity contribution in [1.29, 1.82) is 0 Å². The first kappa shape index (κ1) is 56.5. The van der Waals surface area contributed by atoms with Crippen LogP contribution in [0, 0.1) is 699 Å². The van der Waals surface area contributed by atoms with Gasteiger partial charge in [-0.2, -0.15) is 0 Å². The van der Waals surface area contributed by atoms with Gasteiger partial charge >= 0.3 is 784 Å². The Morgan fingerprint density at radius 3 is 0.723 bits per heavy atom. The molecule has 6 aromatic rings. The predicted molar refractivity (Wildman–Crippen MR) is 153 cm³/mol. The van der Waals surface area contributed by atoms with E-state index < -0.39 is 0 Å². The van der Waals surface area contributed by atoms with Crippen LogP contribution in [0.15, 0.2) is 9.79 Å². The number of benzene rings is 6. The molecule has 0 aliphatic heterocycles. The van der Waals surface area contributed by atoms with Gasteiger partial charge in [0.1, 0.15) is 0 Å². The first-order valence-electron chi connectivity index (χ1n) is 17.4. The van der Waals surface area contributed by atoms with Crippen molar-refractivity contribution >= 4 is 64.5 Å². The standard InChI is InChI=1S/C30H6S.16Ra.16H/c1-19-3-5-21-15-27-17-29(9-7-23(27)13-25(21)11-19)31-30-10-8-24-14-26-12-20(2)4-6-22(26)16-28(24)18-30;;;;;;;;;;;;;;;;;;;;;;;;;;;;;;;;/h1-2H3;;;;;;;;;;;;;;;;;;;;;;;;;;;;;;;;. The van der Waals surface area contributed by atoms with E-state index in [1.165, 1.54) is 0 Å². The van der Waals surface area contributed by atoms with Crippen LogP contribution < -0.4 is 9.67 Å². The Hall–Kier alpha value is 20.2. The fraction of sp³-hybridized carbons (Fsp3) is 0.0667. The Morgan fingerprint density at radius 2 is 0.447 bits per heavy atom. The van der Waals surface area contributed by atoms with Crippen LogP contribution in [-0.2, 0) is 0 Å². The Balaban J connectivity index is 1.72. The molecule has 17 heteroatoms. The van der Waals surface area contributed by atoms with E-state index in [-0.39, 0.29) is 0 Å². The second kappa shape index (κ2) is 25.4. The third kappa shape index (κ3) is 11.8. The predicted octanol–water partition coefficient (Wildman–Crippen LogP) is -8.42. The molecular weight excluding hydrogens is 4010 g/mol. The van der Waals surface area contributed by atoms with E-state index in [0.717, 1.165) is 0 Å². The summed E-state index contributed by atoms with van der Waals surface area (Å²) in [6.45, 7) is 5.13. The van der Waals surface area contributed by atoms with Crippen LogP contribution in [0.4, 0.5) is 0 Å². The van der Waals surface area contributed by atoms with Crippen LogP contribution in [0.3, 0.4) is 0 Å². The average Bonchev–Trinajstić information content (AvgIpc) is 3.03. The topological polar surface area (TPSA) is 0 Å². The van der Waals surface area contributed by atoms with Gasteiger partial charge in [-0.05, 0) is 0 Å². The molecule has 0 nitrogen and oxygen atoms in total. The Morgan fingerprint density at radius 1 is 0.234 bits per heavy atom. The summed E-state index contributed by atoms with van der Waals surface area (Å²) in [6.07, 6.45) is 0. The summed E-state index contributed by atoms with van der Waals surface area (Å²) < 4.78 is 32.1. The van der Waals surface area contributed by atoms with Gasteiger partial charge in [-0.15, -0.1) is 0 Å². The van der Waals surface area contributed by atoms with Gasteiger partial charge in [-0.25, -0.2) is 0 Å². The second-order valence-electron chi connectivity index (χ2n) is 15.0. The van der Waals surface area contributed by atoms with E-state index in [1.807, 2.05) is 73.7 Å². The first-order chi connectivity index (χ1) is 21.9. The molecule has 0 saturated heterocycles. The Labute approximate surface area is 750 Å². The molecule has 0 heterocycles. The summed E-state index contributed by atoms with van der Waals surface area (Å²) in [7, 11) is 0. The SMILES string of the molecule is Cc1[c]([RaH])[c]([RaH])c2[c]([RaH])c3[c]([RaH])c(Sc4[c]([RaH])[c]([RaH])c5[c]([RaH])c6[c]([RaH])c(C)[c]([RaH])[c]([RaH])c6[c]([RaH])c5[c]4[RaH])[c]([RaH])[c]([RaH])c3[c]([RaH])c2[c]1[RaH]. The van der Waals surface area contributed by atoms with E-state index >= 15 is 0 Å². The van der Waals surface area contributed by atoms with Crippen molar-refractivity contribution < 1.29 is 685 Å². The molecular formula is C30H22Ra16S. The van der Waals surface area contributed by atoms with Crippen LogP contribution in [0.1, 0.15) is 11.1 Å². The zero-order valence-electron chi connectivity index (χ0n) is 32.4. The number of fused-ring (bicyclic) bond motifs is 4. The quantitative estimate of drug-likeness (QED) is 0.156. The molecule has 0 amide bonds. The van der Waals surface area contributed by atoms with Gasteiger partial charge < -0.3 is 0 Å². The molecule has 47 heavy (non-hydrogen) atoms. The van der Waals surface area contributed by atoms with Crippen LogP contribution in [0.25, 0.3) is 43.1 Å². The van der Waals surface area contributed by atoms with Gasteiger partial charge in [0.2, 0.25) is 0 Å². The van der Waals surface area contributed by atoms with Gasteiger partial charge in [0.15, 0.2) is 0 Å². The normalized spacial score (nSPS) is 11.4. The minimum atomic E-state index is 0.358. The number of hydrogen-bond donors (Lipinski definition) is 0. The summed E-state index contributed by atoms with van der Waals surface area (Å²) in [5, 5.41) is 15.8. The monoisotopic (exact) mass is 4030 g/mol. The summed E-state index contributed by atoms with van der Waals surface area (Å²) in [6, 6.07) is 0. The molecule has 0 aromatic heterocycles. The maximum absolute atomic E-state index is 2.56. The van der Waals surface area contributed by atoms with Gasteiger partial charge in [0.25, 0.3) is 0 Å². The van der Waals surface area contributed by atoms with E-state index in [1.54, 1.807) is 0 Å². The van der Waals surface area contributed by atoms with Crippen molar-refractivity contribution in [3.05, 3.63) is 11.1 Å². The van der Waals surface area contributed by atoms with E-state index in [9.17, 15) is 0 Å². The van der Waals surface area contributed by atoms with Crippen molar-refractivity contribution in [2.24, 2.45) is 0 Å². The average molecular weight is 4030 g/mol.